The van der Waals surface area contributed by atoms with E-state index in [1.54, 1.807) is 0 Å². The van der Waals surface area contributed by atoms with E-state index in [2.05, 4.69) is 28.8 Å². The van der Waals surface area contributed by atoms with Crippen molar-refractivity contribution in [2.75, 3.05) is 5.73 Å². The van der Waals surface area contributed by atoms with E-state index in [1.807, 2.05) is 6.92 Å². The van der Waals surface area contributed by atoms with Crippen LogP contribution in [0.5, 0.6) is 0 Å². The van der Waals surface area contributed by atoms with Gasteiger partial charge >= 0.3 is 0 Å². The Hall–Kier alpha value is -0.730. The minimum atomic E-state index is -3.57. The van der Waals surface area contributed by atoms with Crippen LogP contribution in [0.3, 0.4) is 0 Å². The Balaban J connectivity index is 2.50. The maximum absolute atomic E-state index is 11.9. The Labute approximate surface area is 112 Å². The van der Waals surface area contributed by atoms with Crippen molar-refractivity contribution in [3.05, 3.63) is 0 Å². The first kappa shape index (κ1) is 15.3. The highest BCUT2D eigenvalue weighted by Crippen LogP contribution is 2.17. The highest BCUT2D eigenvalue weighted by Gasteiger charge is 2.21. The summed E-state index contributed by atoms with van der Waals surface area (Å²) in [6, 6.07) is -0.112. The normalized spacial score (nSPS) is 14.0. The molecule has 8 heteroatoms. The van der Waals surface area contributed by atoms with Crippen molar-refractivity contribution in [1.29, 1.82) is 0 Å². The van der Waals surface area contributed by atoms with Crippen molar-refractivity contribution in [3.63, 3.8) is 0 Å². The lowest BCUT2D eigenvalue weighted by Gasteiger charge is -2.13. The summed E-state index contributed by atoms with van der Waals surface area (Å²) in [5.41, 5.74) is 5.37. The zero-order chi connectivity index (χ0) is 13.8. The Morgan fingerprint density at radius 3 is 2.44 bits per heavy atom. The Kier molecular flexibility index (Phi) is 5.48. The van der Waals surface area contributed by atoms with Crippen LogP contribution in [0.15, 0.2) is 4.34 Å². The van der Waals surface area contributed by atoms with E-state index >= 15 is 0 Å². The number of nitrogens with zero attached hydrogens (tertiary/aromatic N) is 2. The van der Waals surface area contributed by atoms with Crippen molar-refractivity contribution in [1.82, 2.24) is 14.9 Å². The molecule has 6 nitrogen and oxygen atoms in total. The third-order valence-corrected chi connectivity index (χ3v) is 5.14. The number of nitrogen functional groups attached to an aromatic ring is 1. The second-order valence-corrected chi connectivity index (χ2v) is 7.65. The first-order chi connectivity index (χ1) is 8.31. The number of aromatic nitrogens is 2. The van der Waals surface area contributed by atoms with Crippen LogP contribution < -0.4 is 10.5 Å². The highest BCUT2D eigenvalue weighted by atomic mass is 32.2. The fraction of sp³-hybridized carbons (Fsp3) is 0.800. The molecule has 3 N–H and O–H groups in total. The van der Waals surface area contributed by atoms with Crippen LogP contribution in [0.1, 0.15) is 40.0 Å². The van der Waals surface area contributed by atoms with Crippen molar-refractivity contribution in [2.24, 2.45) is 5.92 Å². The van der Waals surface area contributed by atoms with E-state index in [0.717, 1.165) is 30.6 Å². The number of rotatable bonds is 7. The Morgan fingerprint density at radius 1 is 1.28 bits per heavy atom. The zero-order valence-electron chi connectivity index (χ0n) is 10.9. The van der Waals surface area contributed by atoms with Gasteiger partial charge in [-0.25, -0.2) is 13.1 Å². The van der Waals surface area contributed by atoms with E-state index in [9.17, 15) is 8.42 Å². The number of nitrogens with one attached hydrogen (secondary N) is 1. The molecule has 104 valence electrons. The topological polar surface area (TPSA) is 98.0 Å². The minimum absolute atomic E-state index is 0.0734. The van der Waals surface area contributed by atoms with Gasteiger partial charge in [-0.2, -0.15) is 0 Å². The van der Waals surface area contributed by atoms with E-state index in [1.165, 1.54) is 0 Å². The molecule has 0 spiro atoms. The summed E-state index contributed by atoms with van der Waals surface area (Å²) in [6.45, 7) is 6.15. The lowest BCUT2D eigenvalue weighted by atomic mass is 10.0. The maximum Gasteiger partial charge on any atom is 0.270 e. The molecule has 1 rings (SSSR count). The molecule has 0 aliphatic carbocycles. The molecule has 18 heavy (non-hydrogen) atoms. The lowest BCUT2D eigenvalue weighted by molar-refractivity contribution is 0.488. The summed E-state index contributed by atoms with van der Waals surface area (Å²) in [5.74, 6) is 0.636. The second kappa shape index (κ2) is 6.44. The van der Waals surface area contributed by atoms with Crippen molar-refractivity contribution < 1.29 is 8.42 Å². The van der Waals surface area contributed by atoms with Crippen LogP contribution in [-0.2, 0) is 10.0 Å². The number of hydrogen-bond acceptors (Lipinski definition) is 6. The standard InChI is InChI=1S/C10H20N4O2S2/c1-7(2)5-4-6-8(3)14-18(15,16)10-13-12-9(11)17-10/h7-8,14H,4-6H2,1-3H3,(H2,11,12). The van der Waals surface area contributed by atoms with E-state index in [0.29, 0.717) is 5.92 Å². The van der Waals surface area contributed by atoms with Gasteiger partial charge in [-0.05, 0) is 19.3 Å². The van der Waals surface area contributed by atoms with Gasteiger partial charge in [0.2, 0.25) is 9.47 Å². The molecule has 0 saturated heterocycles. The molecule has 0 radical (unpaired) electrons. The summed E-state index contributed by atoms with van der Waals surface area (Å²) in [5, 5.41) is 7.20. The second-order valence-electron chi connectivity index (χ2n) is 4.75. The molecular weight excluding hydrogens is 272 g/mol. The first-order valence-corrected chi connectivity index (χ1v) is 8.22. The molecule has 0 fully saturated rings. The van der Waals surface area contributed by atoms with Crippen LogP contribution in [0.25, 0.3) is 0 Å². The average Bonchev–Trinajstić information content (AvgIpc) is 2.64. The van der Waals surface area contributed by atoms with Crippen LogP contribution in [0.2, 0.25) is 0 Å². The van der Waals surface area contributed by atoms with Gasteiger partial charge < -0.3 is 5.73 Å². The van der Waals surface area contributed by atoms with Gasteiger partial charge in [0.1, 0.15) is 0 Å². The van der Waals surface area contributed by atoms with Gasteiger partial charge in [0.05, 0.1) is 0 Å². The van der Waals surface area contributed by atoms with Crippen LogP contribution in [0, 0.1) is 5.92 Å². The van der Waals surface area contributed by atoms with E-state index in [4.69, 9.17) is 5.73 Å². The molecule has 0 aromatic carbocycles. The Morgan fingerprint density at radius 2 is 1.94 bits per heavy atom. The molecule has 0 amide bonds. The summed E-state index contributed by atoms with van der Waals surface area (Å²) in [6.07, 6.45) is 2.91. The molecule has 1 aromatic heterocycles. The molecule has 1 unspecified atom stereocenters. The molecule has 0 aliphatic rings. The molecule has 0 aliphatic heterocycles. The van der Waals surface area contributed by atoms with Crippen molar-refractivity contribution in [2.45, 2.75) is 50.4 Å². The van der Waals surface area contributed by atoms with Gasteiger partial charge in [0.25, 0.3) is 10.0 Å². The Bertz CT molecular complexity index is 470. The molecular formula is C10H20N4O2S2. The SMILES string of the molecule is CC(C)CCCC(C)NS(=O)(=O)c1nnc(N)s1. The van der Waals surface area contributed by atoms with Gasteiger partial charge in [-0.15, -0.1) is 10.2 Å². The van der Waals surface area contributed by atoms with Crippen LogP contribution >= 0.6 is 11.3 Å². The van der Waals surface area contributed by atoms with Gasteiger partial charge in [-0.1, -0.05) is 38.0 Å². The summed E-state index contributed by atoms with van der Waals surface area (Å²) >= 11 is 0.870. The van der Waals surface area contributed by atoms with Crippen LogP contribution in [0.4, 0.5) is 5.13 Å². The smallest absolute Gasteiger partial charge is 0.270 e. The fourth-order valence-corrected chi connectivity index (χ4v) is 3.61. The molecule has 0 saturated carbocycles. The fourth-order valence-electron chi connectivity index (χ4n) is 1.54. The maximum atomic E-state index is 11.9. The number of sulfonamides is 1. The van der Waals surface area contributed by atoms with Crippen molar-refractivity contribution in [3.8, 4) is 0 Å². The quantitative estimate of drug-likeness (QED) is 0.795. The average molecular weight is 292 g/mol. The van der Waals surface area contributed by atoms with Gasteiger partial charge in [-0.3, -0.25) is 0 Å². The van der Waals surface area contributed by atoms with E-state index in [-0.39, 0.29) is 15.5 Å². The van der Waals surface area contributed by atoms with Crippen molar-refractivity contribution >= 4 is 26.5 Å². The number of anilines is 1. The third-order valence-electron chi connectivity index (χ3n) is 2.43. The molecule has 1 aromatic rings. The lowest BCUT2D eigenvalue weighted by Crippen LogP contribution is -2.32. The molecule has 0 bridgehead atoms. The zero-order valence-corrected chi connectivity index (χ0v) is 12.5. The van der Waals surface area contributed by atoms with Crippen LogP contribution in [-0.4, -0.2) is 24.7 Å². The molecule has 1 heterocycles. The van der Waals surface area contributed by atoms with Gasteiger partial charge in [0.15, 0.2) is 0 Å². The molecule has 1 atom stereocenters. The predicted molar refractivity (Wildman–Crippen MR) is 72.8 cm³/mol. The highest BCUT2D eigenvalue weighted by molar-refractivity contribution is 7.91. The number of hydrogen-bond donors (Lipinski definition) is 2. The summed E-state index contributed by atoms with van der Waals surface area (Å²) in [4.78, 5) is 0. The largest absolute Gasteiger partial charge is 0.374 e. The predicted octanol–water partition coefficient (Wildman–Crippen LogP) is 1.61. The van der Waals surface area contributed by atoms with E-state index < -0.39 is 10.0 Å². The number of nitrogens with two attached hydrogens (primary N) is 1. The minimum Gasteiger partial charge on any atom is -0.374 e. The monoisotopic (exact) mass is 292 g/mol. The third kappa shape index (κ3) is 4.87. The summed E-state index contributed by atoms with van der Waals surface area (Å²) < 4.78 is 26.3. The summed E-state index contributed by atoms with van der Waals surface area (Å²) in [7, 11) is -3.57. The van der Waals surface area contributed by atoms with Gasteiger partial charge in [0, 0.05) is 6.04 Å². The first-order valence-electron chi connectivity index (χ1n) is 5.92.